The van der Waals surface area contributed by atoms with Crippen LogP contribution in [-0.2, 0) is 9.47 Å². The smallest absolute Gasteiger partial charge is 0.103 e. The summed E-state index contributed by atoms with van der Waals surface area (Å²) >= 11 is 0. The lowest BCUT2D eigenvalue weighted by molar-refractivity contribution is -0.0671. The van der Waals surface area contributed by atoms with Crippen LogP contribution in [0, 0.1) is 17.3 Å². The largest absolute Gasteiger partial charge is 0.381 e. The summed E-state index contributed by atoms with van der Waals surface area (Å²) < 4.78 is 11.7. The van der Waals surface area contributed by atoms with Gasteiger partial charge in [0, 0.05) is 18.9 Å². The van der Waals surface area contributed by atoms with Crippen LogP contribution in [0.15, 0.2) is 0 Å². The van der Waals surface area contributed by atoms with E-state index in [0.717, 1.165) is 18.3 Å². The second-order valence-corrected chi connectivity index (χ2v) is 6.52. The Labute approximate surface area is 98.7 Å². The Morgan fingerprint density at radius 2 is 2.06 bits per heavy atom. The summed E-state index contributed by atoms with van der Waals surface area (Å²) in [5.74, 6) is 1.59. The van der Waals surface area contributed by atoms with Gasteiger partial charge >= 0.3 is 0 Å². The summed E-state index contributed by atoms with van der Waals surface area (Å²) in [6, 6.07) is 0. The maximum atomic E-state index is 6.17. The fourth-order valence-corrected chi connectivity index (χ4v) is 4.47. The third kappa shape index (κ3) is 1.15. The van der Waals surface area contributed by atoms with Crippen LogP contribution < -0.4 is 0 Å². The molecule has 1 aliphatic heterocycles. The molecule has 2 aliphatic carbocycles. The Bertz CT molecular complexity index is 303. The lowest BCUT2D eigenvalue weighted by atomic mass is 9.52. The Morgan fingerprint density at radius 1 is 1.31 bits per heavy atom. The molecule has 1 saturated heterocycles. The Kier molecular flexibility index (Phi) is 2.23. The van der Waals surface area contributed by atoms with Crippen molar-refractivity contribution in [1.82, 2.24) is 0 Å². The van der Waals surface area contributed by atoms with Gasteiger partial charge in [-0.1, -0.05) is 20.8 Å². The van der Waals surface area contributed by atoms with Crippen molar-refractivity contribution in [2.24, 2.45) is 17.3 Å². The van der Waals surface area contributed by atoms with Crippen molar-refractivity contribution >= 4 is 0 Å². The molecule has 3 fully saturated rings. The van der Waals surface area contributed by atoms with Crippen LogP contribution in [0.4, 0.5) is 0 Å². The van der Waals surface area contributed by atoms with Gasteiger partial charge in [0.25, 0.3) is 0 Å². The Balaban J connectivity index is 1.90. The summed E-state index contributed by atoms with van der Waals surface area (Å²) in [6.45, 7) is 7.28. The van der Waals surface area contributed by atoms with Crippen LogP contribution in [0.5, 0.6) is 0 Å². The van der Waals surface area contributed by atoms with Gasteiger partial charge in [0.1, 0.15) is 5.60 Å². The molecule has 16 heavy (non-hydrogen) atoms. The van der Waals surface area contributed by atoms with Crippen LogP contribution in [-0.4, -0.2) is 24.9 Å². The van der Waals surface area contributed by atoms with E-state index in [1.54, 1.807) is 0 Å². The first-order chi connectivity index (χ1) is 7.53. The van der Waals surface area contributed by atoms with E-state index in [2.05, 4.69) is 20.8 Å². The van der Waals surface area contributed by atoms with Crippen LogP contribution in [0.25, 0.3) is 0 Å². The highest BCUT2D eigenvalue weighted by Crippen LogP contribution is 2.67. The minimum Gasteiger partial charge on any atom is -0.381 e. The van der Waals surface area contributed by atoms with Crippen molar-refractivity contribution in [1.29, 1.82) is 0 Å². The van der Waals surface area contributed by atoms with Gasteiger partial charge in [-0.15, -0.1) is 0 Å². The molecule has 2 nitrogen and oxygen atoms in total. The molecule has 0 amide bonds. The number of rotatable bonds is 1. The van der Waals surface area contributed by atoms with Gasteiger partial charge < -0.3 is 9.47 Å². The summed E-state index contributed by atoms with van der Waals surface area (Å²) in [5.41, 5.74) is 0.572. The molecule has 0 aromatic carbocycles. The first-order valence-electron chi connectivity index (χ1n) is 6.74. The lowest BCUT2D eigenvalue weighted by Crippen LogP contribution is -2.53. The van der Waals surface area contributed by atoms with Crippen molar-refractivity contribution < 1.29 is 9.47 Å². The van der Waals surface area contributed by atoms with Crippen molar-refractivity contribution in [3.63, 3.8) is 0 Å². The average Bonchev–Trinajstić information content (AvgIpc) is 2.95. The minimum absolute atomic E-state index is 0.178. The standard InChI is InChI=1S/C14H24O2/c1-9-7-12-14(16-12)8-11(15-4)5-6-13(14,3)10(9)2/h9-12H,5-8H2,1-4H3/t9-,10-,11-,12-,13-,14+/m1/s1. The first kappa shape index (κ1) is 11.0. The van der Waals surface area contributed by atoms with Gasteiger partial charge in [-0.25, -0.2) is 0 Å². The molecule has 0 aromatic rings. The lowest BCUT2D eigenvalue weighted by Gasteiger charge is -2.51. The molecular formula is C14H24O2. The van der Waals surface area contributed by atoms with Crippen LogP contribution in [0.1, 0.15) is 46.5 Å². The molecule has 0 radical (unpaired) electrons. The Hall–Kier alpha value is -0.0800. The quantitative estimate of drug-likeness (QED) is 0.639. The second-order valence-electron chi connectivity index (χ2n) is 6.52. The van der Waals surface area contributed by atoms with E-state index in [1.807, 2.05) is 7.11 Å². The monoisotopic (exact) mass is 224 g/mol. The fraction of sp³-hybridized carbons (Fsp3) is 1.00. The predicted octanol–water partition coefficient (Wildman–Crippen LogP) is 3.01. The van der Waals surface area contributed by atoms with Gasteiger partial charge in [0.2, 0.25) is 0 Å². The summed E-state index contributed by atoms with van der Waals surface area (Å²) in [5, 5.41) is 0. The number of hydrogen-bond acceptors (Lipinski definition) is 2. The summed E-state index contributed by atoms with van der Waals surface area (Å²) in [7, 11) is 1.84. The van der Waals surface area contributed by atoms with Crippen LogP contribution in [0.3, 0.4) is 0 Å². The van der Waals surface area contributed by atoms with E-state index in [9.17, 15) is 0 Å². The minimum atomic E-state index is 0.178. The van der Waals surface area contributed by atoms with Gasteiger partial charge in [-0.2, -0.15) is 0 Å². The molecule has 6 atom stereocenters. The highest BCUT2D eigenvalue weighted by atomic mass is 16.6. The van der Waals surface area contributed by atoms with E-state index < -0.39 is 0 Å². The molecule has 0 unspecified atom stereocenters. The third-order valence-electron chi connectivity index (χ3n) is 6.08. The molecule has 3 rings (SSSR count). The van der Waals surface area contributed by atoms with E-state index in [0.29, 0.717) is 17.6 Å². The van der Waals surface area contributed by atoms with Gasteiger partial charge in [-0.05, 0) is 31.1 Å². The first-order valence-corrected chi connectivity index (χ1v) is 6.74. The molecule has 1 spiro atoms. The van der Waals surface area contributed by atoms with Crippen LogP contribution in [0.2, 0.25) is 0 Å². The predicted molar refractivity (Wildman–Crippen MR) is 63.3 cm³/mol. The summed E-state index contributed by atoms with van der Waals surface area (Å²) in [6.07, 6.45) is 5.82. The number of epoxide rings is 1. The fourth-order valence-electron chi connectivity index (χ4n) is 4.47. The van der Waals surface area contributed by atoms with Crippen molar-refractivity contribution in [3.8, 4) is 0 Å². The molecule has 2 heteroatoms. The number of hydrogen-bond donors (Lipinski definition) is 0. The normalized spacial score (nSPS) is 60.0. The average molecular weight is 224 g/mol. The zero-order chi connectivity index (χ0) is 11.6. The van der Waals surface area contributed by atoms with E-state index in [1.165, 1.54) is 19.3 Å². The molecule has 0 N–H and O–H groups in total. The Morgan fingerprint density at radius 3 is 2.75 bits per heavy atom. The number of ether oxygens (including phenoxy) is 2. The molecule has 1 heterocycles. The number of methoxy groups -OCH3 is 1. The molecule has 92 valence electrons. The molecule has 2 saturated carbocycles. The van der Waals surface area contributed by atoms with Crippen molar-refractivity contribution in [2.45, 2.75) is 64.3 Å². The van der Waals surface area contributed by atoms with Gasteiger partial charge in [0.05, 0.1) is 12.2 Å². The maximum Gasteiger partial charge on any atom is 0.103 e. The SMILES string of the molecule is CO[C@@H]1CC[C@]2(C)[C@H](C)[C@H](C)C[C@H]3O[C@@]32C1. The van der Waals surface area contributed by atoms with E-state index in [4.69, 9.17) is 9.47 Å². The zero-order valence-electron chi connectivity index (χ0n) is 11.0. The van der Waals surface area contributed by atoms with Crippen molar-refractivity contribution in [3.05, 3.63) is 0 Å². The molecule has 0 aromatic heterocycles. The van der Waals surface area contributed by atoms with Crippen molar-refractivity contribution in [2.75, 3.05) is 7.11 Å². The molecule has 3 aliphatic rings. The van der Waals surface area contributed by atoms with Crippen LogP contribution >= 0.6 is 0 Å². The molecule has 0 bridgehead atoms. The van der Waals surface area contributed by atoms with Gasteiger partial charge in [-0.3, -0.25) is 0 Å². The second kappa shape index (κ2) is 3.23. The highest BCUT2D eigenvalue weighted by molar-refractivity contribution is 5.20. The van der Waals surface area contributed by atoms with E-state index >= 15 is 0 Å². The summed E-state index contributed by atoms with van der Waals surface area (Å²) in [4.78, 5) is 0. The maximum absolute atomic E-state index is 6.17. The van der Waals surface area contributed by atoms with Gasteiger partial charge in [0.15, 0.2) is 0 Å². The topological polar surface area (TPSA) is 21.8 Å². The molecular weight excluding hydrogens is 200 g/mol. The highest BCUT2D eigenvalue weighted by Gasteiger charge is 2.72. The zero-order valence-corrected chi connectivity index (χ0v) is 11.0. The van der Waals surface area contributed by atoms with E-state index in [-0.39, 0.29) is 5.60 Å². The third-order valence-corrected chi connectivity index (χ3v) is 6.08.